The number of carbonyl (C=O) groups is 1. The maximum Gasteiger partial charge on any atom is 0.274 e. The van der Waals surface area contributed by atoms with Crippen molar-refractivity contribution in [2.75, 3.05) is 43.9 Å². The molecule has 2 aromatic carbocycles. The maximum absolute atomic E-state index is 13.6. The highest BCUT2D eigenvalue weighted by Crippen LogP contribution is 2.45. The van der Waals surface area contributed by atoms with E-state index >= 15 is 0 Å². The van der Waals surface area contributed by atoms with Gasteiger partial charge in [-0.1, -0.05) is 60.3 Å². The third-order valence-electron chi connectivity index (χ3n) is 5.88. The molecule has 192 valence electrons. The largest absolute Gasteiger partial charge is 0.355 e. The fourth-order valence-electron chi connectivity index (χ4n) is 3.80. The van der Waals surface area contributed by atoms with E-state index in [-0.39, 0.29) is 11.3 Å². The molecule has 2 heterocycles. The molecule has 1 aliphatic heterocycles. The number of allylic oxidation sites excluding steroid dienone is 1. The van der Waals surface area contributed by atoms with Gasteiger partial charge in [-0.25, -0.2) is 9.97 Å². The number of nitrogens with one attached hydrogen (secondary N) is 1. The average Bonchev–Trinajstić information content (AvgIpc) is 3.40. The molecule has 1 N–H and O–H groups in total. The number of nitrogens with zero attached hydrogens (tertiary/aromatic N) is 6. The lowest BCUT2D eigenvalue weighted by molar-refractivity contribution is 0.102. The van der Waals surface area contributed by atoms with Crippen molar-refractivity contribution in [3.63, 3.8) is 0 Å². The molecule has 0 aliphatic carbocycles. The summed E-state index contributed by atoms with van der Waals surface area (Å²) in [6, 6.07) is 19.2. The Morgan fingerprint density at radius 3 is 2.41 bits per heavy atom. The van der Waals surface area contributed by atoms with E-state index in [0.29, 0.717) is 17.2 Å². The van der Waals surface area contributed by atoms with Crippen LogP contribution in [0.4, 0.5) is 11.5 Å². The molecule has 1 amide bonds. The molecule has 8 nitrogen and oxygen atoms in total. The highest BCUT2D eigenvalue weighted by molar-refractivity contribution is 8.03. The molecule has 1 unspecified atom stereocenters. The summed E-state index contributed by atoms with van der Waals surface area (Å²) in [5, 5.41) is 12.5. The number of amides is 1. The van der Waals surface area contributed by atoms with Gasteiger partial charge >= 0.3 is 0 Å². The smallest absolute Gasteiger partial charge is 0.274 e. The van der Waals surface area contributed by atoms with Crippen molar-refractivity contribution in [2.45, 2.75) is 26.1 Å². The number of benzene rings is 2. The number of para-hydroxylation sites is 1. The monoisotopic (exact) mass is 515 g/mol. The Balaban J connectivity index is 1.67. The van der Waals surface area contributed by atoms with E-state index in [1.807, 2.05) is 82.5 Å². The third kappa shape index (κ3) is 6.61. The lowest BCUT2D eigenvalue weighted by Crippen LogP contribution is -2.32. The molecule has 1 atom stereocenters. The van der Waals surface area contributed by atoms with Gasteiger partial charge in [0, 0.05) is 42.5 Å². The zero-order chi connectivity index (χ0) is 26.4. The van der Waals surface area contributed by atoms with E-state index in [2.05, 4.69) is 37.3 Å². The van der Waals surface area contributed by atoms with Crippen molar-refractivity contribution in [2.24, 2.45) is 10.2 Å². The molecule has 0 bridgehead atoms. The van der Waals surface area contributed by atoms with E-state index < -0.39 is 0 Å². The lowest BCUT2D eigenvalue weighted by atomic mass is 10.1. The first-order valence-corrected chi connectivity index (χ1v) is 13.2. The SMILES string of the molecule is CCN(CCN(C)C)c1cc(C(=O)Nc2ccccc2C2N=NC(=C(C)C)S2)nc(-c2ccccc2)n1. The molecular formula is C28H33N7OS. The van der Waals surface area contributed by atoms with Crippen LogP contribution in [0.5, 0.6) is 0 Å². The fourth-order valence-corrected chi connectivity index (χ4v) is 4.77. The van der Waals surface area contributed by atoms with E-state index in [1.165, 1.54) is 0 Å². The molecule has 0 saturated heterocycles. The van der Waals surface area contributed by atoms with E-state index in [0.717, 1.165) is 47.2 Å². The van der Waals surface area contributed by atoms with Crippen LogP contribution in [-0.4, -0.2) is 54.5 Å². The van der Waals surface area contributed by atoms with Crippen molar-refractivity contribution in [3.05, 3.63) is 82.5 Å². The van der Waals surface area contributed by atoms with Crippen molar-refractivity contribution >= 4 is 29.2 Å². The minimum atomic E-state index is -0.292. The van der Waals surface area contributed by atoms with Gasteiger partial charge in [0.2, 0.25) is 0 Å². The molecular weight excluding hydrogens is 482 g/mol. The van der Waals surface area contributed by atoms with Crippen LogP contribution in [0, 0.1) is 0 Å². The molecule has 1 aromatic heterocycles. The quantitative estimate of drug-likeness (QED) is 0.363. The molecule has 1 aliphatic rings. The van der Waals surface area contributed by atoms with E-state index in [1.54, 1.807) is 17.8 Å². The Bertz CT molecular complexity index is 1300. The summed E-state index contributed by atoms with van der Waals surface area (Å²) in [5.41, 5.74) is 3.89. The van der Waals surface area contributed by atoms with Crippen LogP contribution < -0.4 is 10.2 Å². The van der Waals surface area contributed by atoms with Gasteiger partial charge in [-0.05, 0) is 46.5 Å². The molecule has 0 radical (unpaired) electrons. The number of hydrogen-bond donors (Lipinski definition) is 1. The third-order valence-corrected chi connectivity index (χ3v) is 7.16. The van der Waals surface area contributed by atoms with Gasteiger partial charge in [-0.15, -0.1) is 5.11 Å². The number of aromatic nitrogens is 2. The number of azo groups is 1. The normalized spacial score (nSPS) is 14.8. The van der Waals surface area contributed by atoms with Crippen molar-refractivity contribution in [1.82, 2.24) is 14.9 Å². The minimum absolute atomic E-state index is 0.205. The topological polar surface area (TPSA) is 86.1 Å². The standard InChI is InChI=1S/C28H33N7OS/c1-6-35(17-16-34(4)5)24-18-23(29-25(31-24)20-12-8-7-9-13-20)26(36)30-22-15-11-10-14-21(22)28-33-32-27(37-28)19(2)3/h7-15,18,28H,6,16-17H2,1-5H3,(H,30,36). The highest BCUT2D eigenvalue weighted by Gasteiger charge is 2.24. The molecule has 0 spiro atoms. The average molecular weight is 516 g/mol. The number of anilines is 2. The summed E-state index contributed by atoms with van der Waals surface area (Å²) in [6.07, 6.45) is 0. The van der Waals surface area contributed by atoms with E-state index in [9.17, 15) is 4.79 Å². The molecule has 0 saturated carbocycles. The summed E-state index contributed by atoms with van der Waals surface area (Å²) >= 11 is 1.58. The highest BCUT2D eigenvalue weighted by atomic mass is 32.2. The second-order valence-electron chi connectivity index (χ2n) is 9.22. The zero-order valence-corrected chi connectivity index (χ0v) is 22.8. The van der Waals surface area contributed by atoms with Crippen LogP contribution in [0.25, 0.3) is 11.4 Å². The van der Waals surface area contributed by atoms with Crippen LogP contribution in [-0.2, 0) is 0 Å². The van der Waals surface area contributed by atoms with Crippen molar-refractivity contribution in [1.29, 1.82) is 0 Å². The second-order valence-corrected chi connectivity index (χ2v) is 10.3. The second kappa shape index (κ2) is 12.1. The summed E-state index contributed by atoms with van der Waals surface area (Å²) in [7, 11) is 4.09. The number of carbonyl (C=O) groups excluding carboxylic acids is 1. The van der Waals surface area contributed by atoms with Gasteiger partial charge in [-0.2, -0.15) is 5.11 Å². The number of hydrogen-bond acceptors (Lipinski definition) is 8. The fraction of sp³-hybridized carbons (Fsp3) is 0.321. The van der Waals surface area contributed by atoms with Gasteiger partial charge in [0.05, 0.1) is 0 Å². The van der Waals surface area contributed by atoms with Gasteiger partial charge in [0.1, 0.15) is 21.9 Å². The summed E-state index contributed by atoms with van der Waals surface area (Å²) in [4.78, 5) is 27.3. The Kier molecular flexibility index (Phi) is 8.68. The minimum Gasteiger partial charge on any atom is -0.355 e. The lowest BCUT2D eigenvalue weighted by Gasteiger charge is -2.24. The Labute approximate surface area is 222 Å². The predicted molar refractivity (Wildman–Crippen MR) is 152 cm³/mol. The first-order chi connectivity index (χ1) is 17.9. The van der Waals surface area contributed by atoms with Gasteiger partial charge in [0.25, 0.3) is 5.91 Å². The van der Waals surface area contributed by atoms with Crippen LogP contribution in [0.1, 0.15) is 42.2 Å². The number of thioether (sulfide) groups is 1. The molecule has 4 rings (SSSR count). The summed E-state index contributed by atoms with van der Waals surface area (Å²) in [6.45, 7) is 8.55. The Morgan fingerprint density at radius 2 is 1.73 bits per heavy atom. The first kappa shape index (κ1) is 26.5. The molecule has 3 aromatic rings. The summed E-state index contributed by atoms with van der Waals surface area (Å²) in [5.74, 6) is 0.956. The summed E-state index contributed by atoms with van der Waals surface area (Å²) < 4.78 is 0. The van der Waals surface area contributed by atoms with Crippen molar-refractivity contribution < 1.29 is 4.79 Å². The van der Waals surface area contributed by atoms with Crippen LogP contribution in [0.2, 0.25) is 0 Å². The molecule has 37 heavy (non-hydrogen) atoms. The first-order valence-electron chi connectivity index (χ1n) is 12.3. The maximum atomic E-state index is 13.6. The number of rotatable bonds is 9. The zero-order valence-electron chi connectivity index (χ0n) is 22.0. The number of likely N-dealkylation sites (N-methyl/N-ethyl adjacent to an activating group) is 2. The van der Waals surface area contributed by atoms with Gasteiger partial charge < -0.3 is 15.1 Å². The molecule has 9 heteroatoms. The Hall–Kier alpha value is -3.56. The van der Waals surface area contributed by atoms with Gasteiger partial charge in [0.15, 0.2) is 5.82 Å². The van der Waals surface area contributed by atoms with E-state index in [4.69, 9.17) is 4.98 Å². The Morgan fingerprint density at radius 1 is 1.00 bits per heavy atom. The van der Waals surface area contributed by atoms with Crippen molar-refractivity contribution in [3.8, 4) is 11.4 Å². The van der Waals surface area contributed by atoms with Crippen LogP contribution in [0.15, 0.2) is 81.5 Å². The predicted octanol–water partition coefficient (Wildman–Crippen LogP) is 6.23. The molecule has 0 fully saturated rings. The van der Waals surface area contributed by atoms with Gasteiger partial charge in [-0.3, -0.25) is 4.79 Å². The van der Waals surface area contributed by atoms with Crippen LogP contribution in [0.3, 0.4) is 0 Å². The van der Waals surface area contributed by atoms with Crippen LogP contribution >= 0.6 is 11.8 Å².